The molecule has 2 aliphatic rings. The Kier molecular flexibility index (Phi) is 9.78. The maximum absolute atomic E-state index is 12.2. The molecule has 0 radical (unpaired) electrons. The minimum absolute atomic E-state index is 0.0720. The predicted molar refractivity (Wildman–Crippen MR) is 131 cm³/mol. The number of aryl methyl sites for hydroxylation is 2. The van der Waals surface area contributed by atoms with Gasteiger partial charge in [-0.2, -0.15) is 0 Å². The molecule has 1 aliphatic heterocycles. The number of unbranched alkanes of at least 4 members (excludes halogenated alkanes) is 1. The van der Waals surface area contributed by atoms with Crippen LogP contribution in [0, 0.1) is 0 Å². The second-order valence-electron chi connectivity index (χ2n) is 9.38. The van der Waals surface area contributed by atoms with E-state index in [-0.39, 0.29) is 12.1 Å². The molecule has 1 aliphatic carbocycles. The molecular weight excluding hydrogens is 418 g/mol. The summed E-state index contributed by atoms with van der Waals surface area (Å²) in [7, 11) is 0. The molecular formula is C25H41N5O3. The number of rotatable bonds is 14. The van der Waals surface area contributed by atoms with E-state index in [2.05, 4.69) is 33.0 Å². The average molecular weight is 460 g/mol. The molecule has 2 amide bonds. The fourth-order valence-electron chi connectivity index (χ4n) is 4.48. The van der Waals surface area contributed by atoms with Gasteiger partial charge in [0.25, 0.3) is 0 Å². The van der Waals surface area contributed by atoms with Gasteiger partial charge in [0, 0.05) is 30.9 Å². The summed E-state index contributed by atoms with van der Waals surface area (Å²) in [4.78, 5) is 31.1. The van der Waals surface area contributed by atoms with Crippen molar-refractivity contribution in [2.45, 2.75) is 96.2 Å². The van der Waals surface area contributed by atoms with Gasteiger partial charge in [0.1, 0.15) is 11.9 Å². The number of nitrogens with one attached hydrogen (secondary N) is 3. The highest BCUT2D eigenvalue weighted by atomic mass is 16.4. The van der Waals surface area contributed by atoms with Crippen molar-refractivity contribution in [3.05, 3.63) is 23.4 Å². The van der Waals surface area contributed by atoms with Crippen LogP contribution in [0.4, 0.5) is 10.6 Å². The second-order valence-corrected chi connectivity index (χ2v) is 9.38. The van der Waals surface area contributed by atoms with Gasteiger partial charge in [-0.1, -0.05) is 19.9 Å². The number of carbonyl (C=O) groups excluding carboxylic acids is 1. The lowest BCUT2D eigenvalue weighted by molar-refractivity contribution is -0.139. The summed E-state index contributed by atoms with van der Waals surface area (Å²) in [5, 5.41) is 18.5. The molecule has 1 aromatic rings. The van der Waals surface area contributed by atoms with Crippen molar-refractivity contribution < 1.29 is 14.7 Å². The van der Waals surface area contributed by atoms with Crippen LogP contribution in [-0.4, -0.2) is 64.8 Å². The highest BCUT2D eigenvalue weighted by molar-refractivity contribution is 5.82. The summed E-state index contributed by atoms with van der Waals surface area (Å²) in [6.45, 7) is 6.67. The monoisotopic (exact) mass is 459 g/mol. The lowest BCUT2D eigenvalue weighted by Gasteiger charge is -2.25. The van der Waals surface area contributed by atoms with E-state index in [0.29, 0.717) is 19.0 Å². The van der Waals surface area contributed by atoms with Crippen molar-refractivity contribution in [3.8, 4) is 0 Å². The number of nitrogens with zero attached hydrogens (tertiary/aromatic N) is 2. The minimum atomic E-state index is -0.975. The van der Waals surface area contributed by atoms with Crippen molar-refractivity contribution in [1.82, 2.24) is 20.5 Å². The third kappa shape index (κ3) is 8.18. The second kappa shape index (κ2) is 12.8. The number of pyridine rings is 1. The van der Waals surface area contributed by atoms with Gasteiger partial charge in [-0.05, 0) is 82.4 Å². The van der Waals surface area contributed by atoms with Gasteiger partial charge < -0.3 is 26.0 Å². The van der Waals surface area contributed by atoms with Crippen molar-refractivity contribution in [3.63, 3.8) is 0 Å². The van der Waals surface area contributed by atoms with Gasteiger partial charge in [-0.25, -0.2) is 14.6 Å². The maximum atomic E-state index is 12.2. The van der Waals surface area contributed by atoms with Crippen molar-refractivity contribution >= 4 is 17.8 Å². The molecule has 2 heterocycles. The molecule has 4 N–H and O–H groups in total. The van der Waals surface area contributed by atoms with Gasteiger partial charge >= 0.3 is 12.0 Å². The van der Waals surface area contributed by atoms with E-state index < -0.39 is 12.0 Å². The zero-order valence-electron chi connectivity index (χ0n) is 20.2. The Morgan fingerprint density at radius 2 is 1.97 bits per heavy atom. The van der Waals surface area contributed by atoms with E-state index in [4.69, 9.17) is 4.98 Å². The Hall–Kier alpha value is -2.35. The number of carbonyl (C=O) groups is 2. The lowest BCUT2D eigenvalue weighted by atomic mass is 10.1. The first-order chi connectivity index (χ1) is 16.0. The van der Waals surface area contributed by atoms with Crippen molar-refractivity contribution in [1.29, 1.82) is 0 Å². The number of carboxylic acids is 1. The largest absolute Gasteiger partial charge is 0.480 e. The molecule has 0 spiro atoms. The molecule has 0 unspecified atom stereocenters. The SMILES string of the molecule is CCC(CC)NC(=O)N[C@@H](CCN(CCCCc1ccc2c(n1)NCCC2)C1CC1)C(=O)O. The summed E-state index contributed by atoms with van der Waals surface area (Å²) >= 11 is 0. The van der Waals surface area contributed by atoms with Crippen LogP contribution in [0.15, 0.2) is 12.1 Å². The van der Waals surface area contributed by atoms with Crippen LogP contribution >= 0.6 is 0 Å². The molecule has 8 heteroatoms. The van der Waals surface area contributed by atoms with Crippen LogP contribution in [0.2, 0.25) is 0 Å². The third-order valence-electron chi connectivity index (χ3n) is 6.77. The van der Waals surface area contributed by atoms with Gasteiger partial charge in [0.15, 0.2) is 0 Å². The molecule has 1 aromatic heterocycles. The number of carboxylic acid groups (broad SMARTS) is 1. The number of aliphatic carboxylic acids is 1. The summed E-state index contributed by atoms with van der Waals surface area (Å²) in [6.07, 6.45) is 9.79. The zero-order valence-corrected chi connectivity index (χ0v) is 20.2. The predicted octanol–water partition coefficient (Wildman–Crippen LogP) is 3.56. The molecule has 3 rings (SSSR count). The topological polar surface area (TPSA) is 107 Å². The smallest absolute Gasteiger partial charge is 0.326 e. The van der Waals surface area contributed by atoms with Gasteiger partial charge in [0.05, 0.1) is 0 Å². The number of urea groups is 1. The molecule has 1 fully saturated rings. The summed E-state index contributed by atoms with van der Waals surface area (Å²) in [6, 6.07) is 3.74. The number of amides is 2. The Bertz CT molecular complexity index is 779. The van der Waals surface area contributed by atoms with Gasteiger partial charge in [-0.3, -0.25) is 0 Å². The van der Waals surface area contributed by atoms with E-state index in [1.54, 1.807) is 0 Å². The first kappa shape index (κ1) is 25.3. The van der Waals surface area contributed by atoms with E-state index in [1.165, 1.54) is 24.8 Å². The average Bonchev–Trinajstić information content (AvgIpc) is 3.66. The summed E-state index contributed by atoms with van der Waals surface area (Å²) in [5.41, 5.74) is 2.46. The Balaban J connectivity index is 1.41. The van der Waals surface area contributed by atoms with E-state index in [0.717, 1.165) is 63.1 Å². The summed E-state index contributed by atoms with van der Waals surface area (Å²) in [5.74, 6) is 0.0799. The molecule has 0 aromatic carbocycles. The number of aromatic nitrogens is 1. The van der Waals surface area contributed by atoms with E-state index in [1.807, 2.05) is 13.8 Å². The molecule has 0 saturated heterocycles. The quantitative estimate of drug-likeness (QED) is 0.317. The fraction of sp³-hybridized carbons (Fsp3) is 0.720. The van der Waals surface area contributed by atoms with Crippen LogP contribution in [0.5, 0.6) is 0 Å². The number of hydrogen-bond acceptors (Lipinski definition) is 5. The highest BCUT2D eigenvalue weighted by Crippen LogP contribution is 2.27. The number of anilines is 1. The normalized spacial score (nSPS) is 16.2. The van der Waals surface area contributed by atoms with Gasteiger partial charge in [0.2, 0.25) is 0 Å². The fourth-order valence-corrected chi connectivity index (χ4v) is 4.48. The Morgan fingerprint density at radius 3 is 2.67 bits per heavy atom. The maximum Gasteiger partial charge on any atom is 0.326 e. The first-order valence-electron chi connectivity index (χ1n) is 12.8. The van der Waals surface area contributed by atoms with Crippen molar-refractivity contribution in [2.24, 2.45) is 0 Å². The van der Waals surface area contributed by atoms with Crippen LogP contribution in [0.25, 0.3) is 0 Å². The van der Waals surface area contributed by atoms with Crippen LogP contribution in [0.3, 0.4) is 0 Å². The van der Waals surface area contributed by atoms with Crippen LogP contribution in [0.1, 0.15) is 76.5 Å². The third-order valence-corrected chi connectivity index (χ3v) is 6.77. The van der Waals surface area contributed by atoms with E-state index in [9.17, 15) is 14.7 Å². The molecule has 33 heavy (non-hydrogen) atoms. The number of hydrogen-bond donors (Lipinski definition) is 4. The molecule has 1 saturated carbocycles. The van der Waals surface area contributed by atoms with E-state index >= 15 is 0 Å². The zero-order chi connectivity index (χ0) is 23.6. The first-order valence-corrected chi connectivity index (χ1v) is 12.8. The van der Waals surface area contributed by atoms with Crippen LogP contribution in [-0.2, 0) is 17.6 Å². The molecule has 8 nitrogen and oxygen atoms in total. The minimum Gasteiger partial charge on any atom is -0.480 e. The molecule has 0 bridgehead atoms. The Labute approximate surface area is 197 Å². The summed E-state index contributed by atoms with van der Waals surface area (Å²) < 4.78 is 0. The molecule has 184 valence electrons. The standard InChI is InChI=1S/C25H41N5O3/c1-3-19(4-2)28-25(33)29-22(24(31)32)14-17-30(21-12-13-21)16-6-5-9-20-11-10-18-8-7-15-26-23(18)27-20/h10-11,19,21-22H,3-9,12-17H2,1-2H3,(H,26,27)(H,31,32)(H2,28,29,33)/t22-/m0/s1. The van der Waals surface area contributed by atoms with Crippen LogP contribution < -0.4 is 16.0 Å². The highest BCUT2D eigenvalue weighted by Gasteiger charge is 2.30. The molecule has 1 atom stereocenters. The Morgan fingerprint density at radius 1 is 1.18 bits per heavy atom. The lowest BCUT2D eigenvalue weighted by Crippen LogP contribution is -2.49. The number of fused-ring (bicyclic) bond motifs is 1. The van der Waals surface area contributed by atoms with Gasteiger partial charge in [-0.15, -0.1) is 0 Å². The van der Waals surface area contributed by atoms with Crippen molar-refractivity contribution in [2.75, 3.05) is 25.0 Å².